The van der Waals surface area contributed by atoms with Crippen LogP contribution in [-0.2, 0) is 6.54 Å². The van der Waals surface area contributed by atoms with Crippen LogP contribution in [0.15, 0.2) is 30.5 Å². The number of benzene rings is 1. The maximum Gasteiger partial charge on any atom is 0.253 e. The number of anilines is 2. The standard InChI is InChI=1S/C17H21N5O/c1-12-10-13(17(23)22-8-2-3-9-22)4-5-14(12)20-11-16-19-7-6-15(18)21-16/h4-7,10,20H,2-3,8-9,11H2,1H3,(H2,18,19,21). The first-order valence-electron chi connectivity index (χ1n) is 7.85. The number of nitrogen functional groups attached to an aromatic ring is 1. The maximum absolute atomic E-state index is 12.4. The van der Waals surface area contributed by atoms with E-state index in [9.17, 15) is 4.79 Å². The van der Waals surface area contributed by atoms with E-state index >= 15 is 0 Å². The molecule has 1 aliphatic rings. The summed E-state index contributed by atoms with van der Waals surface area (Å²) in [7, 11) is 0. The van der Waals surface area contributed by atoms with Crippen molar-refractivity contribution in [2.24, 2.45) is 0 Å². The lowest BCUT2D eigenvalue weighted by Crippen LogP contribution is -2.27. The van der Waals surface area contributed by atoms with Gasteiger partial charge in [0.1, 0.15) is 11.6 Å². The van der Waals surface area contributed by atoms with Gasteiger partial charge in [0.05, 0.1) is 6.54 Å². The molecule has 1 aliphatic heterocycles. The predicted octanol–water partition coefficient (Wildman–Crippen LogP) is 2.22. The third kappa shape index (κ3) is 3.59. The summed E-state index contributed by atoms with van der Waals surface area (Å²) in [6, 6.07) is 7.40. The van der Waals surface area contributed by atoms with Crippen LogP contribution in [-0.4, -0.2) is 33.9 Å². The Kier molecular flexibility index (Phi) is 4.41. The first kappa shape index (κ1) is 15.3. The summed E-state index contributed by atoms with van der Waals surface area (Å²) < 4.78 is 0. The van der Waals surface area contributed by atoms with Crippen molar-refractivity contribution in [3.63, 3.8) is 0 Å². The Hall–Kier alpha value is -2.63. The van der Waals surface area contributed by atoms with Gasteiger partial charge in [0.25, 0.3) is 5.91 Å². The van der Waals surface area contributed by atoms with Crippen molar-refractivity contribution < 1.29 is 4.79 Å². The average molecular weight is 311 g/mol. The number of nitrogens with one attached hydrogen (secondary N) is 1. The second kappa shape index (κ2) is 6.64. The van der Waals surface area contributed by atoms with Gasteiger partial charge in [-0.15, -0.1) is 0 Å². The highest BCUT2D eigenvalue weighted by molar-refractivity contribution is 5.95. The number of hydrogen-bond acceptors (Lipinski definition) is 5. The monoisotopic (exact) mass is 311 g/mol. The lowest BCUT2D eigenvalue weighted by atomic mass is 10.1. The van der Waals surface area contributed by atoms with E-state index < -0.39 is 0 Å². The van der Waals surface area contributed by atoms with Crippen molar-refractivity contribution in [1.82, 2.24) is 14.9 Å². The van der Waals surface area contributed by atoms with Crippen molar-refractivity contribution in [1.29, 1.82) is 0 Å². The van der Waals surface area contributed by atoms with Crippen LogP contribution in [0, 0.1) is 6.92 Å². The molecule has 1 saturated heterocycles. The van der Waals surface area contributed by atoms with E-state index in [2.05, 4.69) is 15.3 Å². The minimum Gasteiger partial charge on any atom is -0.384 e. The smallest absolute Gasteiger partial charge is 0.253 e. The summed E-state index contributed by atoms with van der Waals surface area (Å²) in [6.45, 7) is 4.21. The van der Waals surface area contributed by atoms with Gasteiger partial charge in [-0.25, -0.2) is 9.97 Å². The van der Waals surface area contributed by atoms with Crippen molar-refractivity contribution in [3.05, 3.63) is 47.4 Å². The highest BCUT2D eigenvalue weighted by atomic mass is 16.2. The van der Waals surface area contributed by atoms with E-state index in [0.29, 0.717) is 18.2 Å². The van der Waals surface area contributed by atoms with Gasteiger partial charge in [0.2, 0.25) is 0 Å². The van der Waals surface area contributed by atoms with Crippen molar-refractivity contribution >= 4 is 17.4 Å². The fraction of sp³-hybridized carbons (Fsp3) is 0.353. The molecule has 0 unspecified atom stereocenters. The number of rotatable bonds is 4. The fourth-order valence-corrected chi connectivity index (χ4v) is 2.77. The first-order chi connectivity index (χ1) is 11.1. The van der Waals surface area contributed by atoms with Gasteiger partial charge >= 0.3 is 0 Å². The van der Waals surface area contributed by atoms with Crippen LogP contribution in [0.5, 0.6) is 0 Å². The highest BCUT2D eigenvalue weighted by Gasteiger charge is 2.19. The van der Waals surface area contributed by atoms with E-state index in [1.54, 1.807) is 12.3 Å². The molecule has 120 valence electrons. The van der Waals surface area contributed by atoms with Gasteiger partial charge in [-0.05, 0) is 49.6 Å². The number of aryl methyl sites for hydroxylation is 1. The minimum atomic E-state index is 0.122. The normalized spacial score (nSPS) is 14.0. The molecule has 3 rings (SSSR count). The number of aromatic nitrogens is 2. The number of likely N-dealkylation sites (tertiary alicyclic amines) is 1. The zero-order valence-corrected chi connectivity index (χ0v) is 13.2. The first-order valence-corrected chi connectivity index (χ1v) is 7.85. The van der Waals surface area contributed by atoms with Crippen molar-refractivity contribution in [2.75, 3.05) is 24.1 Å². The molecule has 0 saturated carbocycles. The topological polar surface area (TPSA) is 84.1 Å². The molecule has 3 N–H and O–H groups in total. The van der Waals surface area contributed by atoms with Crippen LogP contribution < -0.4 is 11.1 Å². The lowest BCUT2D eigenvalue weighted by molar-refractivity contribution is 0.0793. The molecular formula is C17H21N5O. The Morgan fingerprint density at radius 1 is 1.30 bits per heavy atom. The number of nitrogens with two attached hydrogens (primary N) is 1. The Morgan fingerprint density at radius 3 is 2.78 bits per heavy atom. The summed E-state index contributed by atoms with van der Waals surface area (Å²) in [5, 5.41) is 3.29. The van der Waals surface area contributed by atoms with Crippen LogP contribution in [0.4, 0.5) is 11.5 Å². The number of carbonyl (C=O) groups excluding carboxylic acids is 1. The quantitative estimate of drug-likeness (QED) is 0.904. The van der Waals surface area contributed by atoms with Gasteiger partial charge in [0.15, 0.2) is 0 Å². The molecule has 1 amide bonds. The lowest BCUT2D eigenvalue weighted by Gasteiger charge is -2.16. The molecule has 0 radical (unpaired) electrons. The molecule has 2 heterocycles. The molecule has 6 heteroatoms. The molecule has 0 atom stereocenters. The molecule has 1 aromatic heterocycles. The van der Waals surface area contributed by atoms with Gasteiger partial charge in [0, 0.05) is 30.5 Å². The largest absolute Gasteiger partial charge is 0.384 e. The van der Waals surface area contributed by atoms with E-state index in [-0.39, 0.29) is 5.91 Å². The fourth-order valence-electron chi connectivity index (χ4n) is 2.77. The number of nitrogens with zero attached hydrogens (tertiary/aromatic N) is 3. The number of hydrogen-bond donors (Lipinski definition) is 2. The van der Waals surface area contributed by atoms with Gasteiger partial charge in [-0.1, -0.05) is 0 Å². The predicted molar refractivity (Wildman–Crippen MR) is 90.1 cm³/mol. The van der Waals surface area contributed by atoms with Crippen LogP contribution in [0.2, 0.25) is 0 Å². The third-order valence-corrected chi connectivity index (χ3v) is 4.03. The average Bonchev–Trinajstić information content (AvgIpc) is 3.07. The molecular weight excluding hydrogens is 290 g/mol. The SMILES string of the molecule is Cc1cc(C(=O)N2CCCC2)ccc1NCc1nccc(N)n1. The summed E-state index contributed by atoms with van der Waals surface area (Å²) in [5.41, 5.74) is 8.39. The Balaban J connectivity index is 1.68. The summed E-state index contributed by atoms with van der Waals surface area (Å²) in [6.07, 6.45) is 3.85. The van der Waals surface area contributed by atoms with Crippen LogP contribution in [0.1, 0.15) is 34.6 Å². The zero-order chi connectivity index (χ0) is 16.2. The molecule has 1 fully saturated rings. The van der Waals surface area contributed by atoms with E-state index in [1.807, 2.05) is 30.0 Å². The number of carbonyl (C=O) groups is 1. The summed E-state index contributed by atoms with van der Waals surface area (Å²) in [5.74, 6) is 1.22. The molecule has 6 nitrogen and oxygen atoms in total. The highest BCUT2D eigenvalue weighted by Crippen LogP contribution is 2.20. The molecule has 23 heavy (non-hydrogen) atoms. The Labute approximate surface area is 135 Å². The van der Waals surface area contributed by atoms with Gasteiger partial charge in [-0.3, -0.25) is 4.79 Å². The maximum atomic E-state index is 12.4. The summed E-state index contributed by atoms with van der Waals surface area (Å²) >= 11 is 0. The molecule has 2 aromatic rings. The van der Waals surface area contributed by atoms with Crippen LogP contribution in [0.25, 0.3) is 0 Å². The Bertz CT molecular complexity index is 710. The molecule has 0 aliphatic carbocycles. The Morgan fingerprint density at radius 2 is 2.09 bits per heavy atom. The number of amides is 1. The van der Waals surface area contributed by atoms with Gasteiger partial charge in [-0.2, -0.15) is 0 Å². The third-order valence-electron chi connectivity index (χ3n) is 4.03. The molecule has 1 aromatic carbocycles. The van der Waals surface area contributed by atoms with Gasteiger partial charge < -0.3 is 16.0 Å². The van der Waals surface area contributed by atoms with E-state index in [4.69, 9.17) is 5.73 Å². The molecule has 0 spiro atoms. The second-order valence-electron chi connectivity index (χ2n) is 5.78. The van der Waals surface area contributed by atoms with Crippen molar-refractivity contribution in [2.45, 2.75) is 26.3 Å². The van der Waals surface area contributed by atoms with E-state index in [0.717, 1.165) is 42.7 Å². The summed E-state index contributed by atoms with van der Waals surface area (Å²) in [4.78, 5) is 22.6. The molecule has 0 bridgehead atoms. The zero-order valence-electron chi connectivity index (χ0n) is 13.2. The van der Waals surface area contributed by atoms with Crippen molar-refractivity contribution in [3.8, 4) is 0 Å². The van der Waals surface area contributed by atoms with Crippen LogP contribution >= 0.6 is 0 Å². The minimum absolute atomic E-state index is 0.122. The second-order valence-corrected chi connectivity index (χ2v) is 5.78. The van der Waals surface area contributed by atoms with Crippen LogP contribution in [0.3, 0.4) is 0 Å². The van der Waals surface area contributed by atoms with E-state index in [1.165, 1.54) is 0 Å².